The lowest BCUT2D eigenvalue weighted by Crippen LogP contribution is -2.23. The predicted molar refractivity (Wildman–Crippen MR) is 91.0 cm³/mol. The summed E-state index contributed by atoms with van der Waals surface area (Å²) in [6.45, 7) is 5.33. The minimum Gasteiger partial charge on any atom is -0.310 e. The van der Waals surface area contributed by atoms with Crippen LogP contribution in [0.5, 0.6) is 0 Å². The SMILES string of the molecule is CCNC(Cc1ccc(Br)cc1)c1cc(Br)sc1C. The second-order valence-electron chi connectivity index (χ2n) is 4.50. The Bertz CT molecular complexity index is 534. The van der Waals surface area contributed by atoms with Crippen molar-refractivity contribution in [3.63, 3.8) is 0 Å². The predicted octanol–water partition coefficient (Wildman–Crippen LogP) is 5.47. The third-order valence-corrected chi connectivity index (χ3v) is 5.20. The lowest BCUT2D eigenvalue weighted by molar-refractivity contribution is 0.549. The van der Waals surface area contributed by atoms with Crippen molar-refractivity contribution in [1.29, 1.82) is 0 Å². The fraction of sp³-hybridized carbons (Fsp3) is 0.333. The van der Waals surface area contributed by atoms with E-state index in [0.717, 1.165) is 17.4 Å². The van der Waals surface area contributed by atoms with Crippen molar-refractivity contribution < 1.29 is 0 Å². The summed E-state index contributed by atoms with van der Waals surface area (Å²) in [7, 11) is 0. The molecule has 1 nitrogen and oxygen atoms in total. The maximum atomic E-state index is 3.59. The number of aryl methyl sites for hydroxylation is 1. The highest BCUT2D eigenvalue weighted by Crippen LogP contribution is 2.32. The first-order valence-corrected chi connectivity index (χ1v) is 8.74. The first kappa shape index (κ1) is 15.2. The summed E-state index contributed by atoms with van der Waals surface area (Å²) < 4.78 is 2.34. The van der Waals surface area contributed by atoms with E-state index in [0.29, 0.717) is 6.04 Å². The molecule has 0 aliphatic heterocycles. The van der Waals surface area contributed by atoms with Gasteiger partial charge in [0.05, 0.1) is 3.79 Å². The van der Waals surface area contributed by atoms with Gasteiger partial charge in [-0.3, -0.25) is 0 Å². The van der Waals surface area contributed by atoms with Crippen LogP contribution in [-0.2, 0) is 6.42 Å². The van der Waals surface area contributed by atoms with Crippen LogP contribution in [-0.4, -0.2) is 6.54 Å². The van der Waals surface area contributed by atoms with Crippen LogP contribution in [0.1, 0.15) is 29.0 Å². The zero-order valence-corrected chi connectivity index (χ0v) is 15.0. The zero-order valence-electron chi connectivity index (χ0n) is 11.0. The summed E-state index contributed by atoms with van der Waals surface area (Å²) in [5, 5.41) is 3.59. The molecule has 2 rings (SSSR count). The molecule has 0 saturated heterocycles. The summed E-state index contributed by atoms with van der Waals surface area (Å²) in [5.41, 5.74) is 2.76. The van der Waals surface area contributed by atoms with Crippen molar-refractivity contribution in [3.8, 4) is 0 Å². The number of rotatable bonds is 5. The van der Waals surface area contributed by atoms with E-state index in [4.69, 9.17) is 0 Å². The normalized spacial score (nSPS) is 12.6. The number of benzene rings is 1. The molecule has 0 aliphatic rings. The lowest BCUT2D eigenvalue weighted by atomic mass is 9.99. The summed E-state index contributed by atoms with van der Waals surface area (Å²) in [6, 6.07) is 11.2. The summed E-state index contributed by atoms with van der Waals surface area (Å²) in [5.74, 6) is 0. The van der Waals surface area contributed by atoms with Crippen LogP contribution in [0.15, 0.2) is 38.6 Å². The standard InChI is InChI=1S/C15H17Br2NS/c1-3-18-14(13-9-15(17)19-10(13)2)8-11-4-6-12(16)7-5-11/h4-7,9,14,18H,3,8H2,1-2H3. The Balaban J connectivity index is 2.20. The van der Waals surface area contributed by atoms with Crippen LogP contribution in [0.2, 0.25) is 0 Å². The molecular formula is C15H17Br2NS. The molecule has 4 heteroatoms. The number of likely N-dealkylation sites (N-methyl/N-ethyl adjacent to an activating group) is 1. The van der Waals surface area contributed by atoms with Crippen molar-refractivity contribution in [1.82, 2.24) is 5.32 Å². The molecule has 1 unspecified atom stereocenters. The van der Waals surface area contributed by atoms with Gasteiger partial charge in [0.2, 0.25) is 0 Å². The number of hydrogen-bond acceptors (Lipinski definition) is 2. The number of hydrogen-bond donors (Lipinski definition) is 1. The fourth-order valence-corrected chi connectivity index (χ4v) is 4.24. The molecule has 19 heavy (non-hydrogen) atoms. The van der Waals surface area contributed by atoms with Gasteiger partial charge in [0.25, 0.3) is 0 Å². The highest BCUT2D eigenvalue weighted by molar-refractivity contribution is 9.11. The highest BCUT2D eigenvalue weighted by Gasteiger charge is 2.16. The summed E-state index contributed by atoms with van der Waals surface area (Å²) in [4.78, 5) is 1.38. The van der Waals surface area contributed by atoms with E-state index in [2.05, 4.69) is 81.4 Å². The molecule has 0 amide bonds. The molecule has 0 fully saturated rings. The van der Waals surface area contributed by atoms with Crippen LogP contribution in [0.3, 0.4) is 0 Å². The molecule has 1 atom stereocenters. The van der Waals surface area contributed by atoms with Crippen LogP contribution < -0.4 is 5.32 Å². The Kier molecular flexibility index (Phi) is 5.63. The van der Waals surface area contributed by atoms with Crippen molar-refractivity contribution in [3.05, 3.63) is 54.6 Å². The quantitative estimate of drug-likeness (QED) is 0.698. The number of thiophene rings is 1. The Hall–Kier alpha value is -0.160. The van der Waals surface area contributed by atoms with Gasteiger partial charge in [0, 0.05) is 15.4 Å². The van der Waals surface area contributed by atoms with Gasteiger partial charge < -0.3 is 5.32 Å². The van der Waals surface area contributed by atoms with E-state index in [1.807, 2.05) is 0 Å². The maximum Gasteiger partial charge on any atom is 0.0704 e. The van der Waals surface area contributed by atoms with E-state index >= 15 is 0 Å². The van der Waals surface area contributed by atoms with Crippen LogP contribution >= 0.6 is 43.2 Å². The molecular weight excluding hydrogens is 386 g/mol. The monoisotopic (exact) mass is 401 g/mol. The van der Waals surface area contributed by atoms with E-state index < -0.39 is 0 Å². The molecule has 0 bridgehead atoms. The fourth-order valence-electron chi connectivity index (χ4n) is 2.20. The van der Waals surface area contributed by atoms with Gasteiger partial charge >= 0.3 is 0 Å². The smallest absolute Gasteiger partial charge is 0.0704 e. The summed E-state index contributed by atoms with van der Waals surface area (Å²) in [6.07, 6.45) is 1.02. The average Bonchev–Trinajstić information content (AvgIpc) is 2.71. The Morgan fingerprint density at radius 3 is 2.42 bits per heavy atom. The second-order valence-corrected chi connectivity index (χ2v) is 8.05. The van der Waals surface area contributed by atoms with Crippen LogP contribution in [0.25, 0.3) is 0 Å². The molecule has 0 saturated carbocycles. The zero-order chi connectivity index (χ0) is 13.8. The lowest BCUT2D eigenvalue weighted by Gasteiger charge is -2.18. The van der Waals surface area contributed by atoms with Gasteiger partial charge in [-0.05, 0) is 65.1 Å². The molecule has 1 N–H and O–H groups in total. The molecule has 0 aliphatic carbocycles. The topological polar surface area (TPSA) is 12.0 Å². The van der Waals surface area contributed by atoms with Crippen molar-refractivity contribution >= 4 is 43.2 Å². The molecule has 102 valence electrons. The largest absolute Gasteiger partial charge is 0.310 e. The Labute approximate surface area is 135 Å². The van der Waals surface area contributed by atoms with Crippen molar-refractivity contribution in [2.45, 2.75) is 26.3 Å². The molecule has 0 radical (unpaired) electrons. The van der Waals surface area contributed by atoms with Crippen LogP contribution in [0.4, 0.5) is 0 Å². The number of nitrogens with one attached hydrogen (secondary N) is 1. The van der Waals surface area contributed by atoms with E-state index in [-0.39, 0.29) is 0 Å². The Morgan fingerprint density at radius 1 is 1.21 bits per heavy atom. The molecule has 1 aromatic heterocycles. The van der Waals surface area contributed by atoms with Crippen LogP contribution in [0, 0.1) is 6.92 Å². The molecule has 1 aromatic carbocycles. The third-order valence-electron chi connectivity index (χ3n) is 3.11. The van der Waals surface area contributed by atoms with E-state index in [9.17, 15) is 0 Å². The Morgan fingerprint density at radius 2 is 1.89 bits per heavy atom. The van der Waals surface area contributed by atoms with Gasteiger partial charge in [-0.2, -0.15) is 0 Å². The minimum atomic E-state index is 0.383. The molecule has 2 aromatic rings. The third kappa shape index (κ3) is 4.15. The van der Waals surface area contributed by atoms with Crippen molar-refractivity contribution in [2.24, 2.45) is 0 Å². The van der Waals surface area contributed by atoms with Crippen molar-refractivity contribution in [2.75, 3.05) is 6.54 Å². The highest BCUT2D eigenvalue weighted by atomic mass is 79.9. The average molecular weight is 403 g/mol. The first-order valence-electron chi connectivity index (χ1n) is 6.33. The molecule has 0 spiro atoms. The summed E-state index contributed by atoms with van der Waals surface area (Å²) >= 11 is 8.87. The van der Waals surface area contributed by atoms with Gasteiger partial charge in [0.15, 0.2) is 0 Å². The number of halogens is 2. The van der Waals surface area contributed by atoms with Gasteiger partial charge in [-0.1, -0.05) is 35.0 Å². The van der Waals surface area contributed by atoms with Gasteiger partial charge in [-0.25, -0.2) is 0 Å². The van der Waals surface area contributed by atoms with E-state index in [1.54, 1.807) is 11.3 Å². The van der Waals surface area contributed by atoms with Gasteiger partial charge in [0.1, 0.15) is 0 Å². The maximum absolute atomic E-state index is 3.59. The minimum absolute atomic E-state index is 0.383. The second kappa shape index (κ2) is 7.02. The first-order chi connectivity index (χ1) is 9.10. The van der Waals surface area contributed by atoms with Gasteiger partial charge in [-0.15, -0.1) is 11.3 Å². The van der Waals surface area contributed by atoms with E-state index in [1.165, 1.54) is 19.8 Å². The molecule has 1 heterocycles.